The number of Topliss-reactive ketones (excluding diaryl/α,β-unsaturated/α-hetero) is 2. The molecule has 0 aromatic carbocycles. The average molecular weight is 415 g/mol. The van der Waals surface area contributed by atoms with Gasteiger partial charge in [-0.1, -0.05) is 12.1 Å². The van der Waals surface area contributed by atoms with E-state index in [1.807, 2.05) is 47.2 Å². The predicted octanol–water partition coefficient (Wildman–Crippen LogP) is 7.11. The first-order chi connectivity index (χ1) is 12.7. The summed E-state index contributed by atoms with van der Waals surface area (Å²) in [6, 6.07) is 15.8. The number of carbonyl (C=O) groups excluding carboxylic acids is 2. The van der Waals surface area contributed by atoms with E-state index in [-0.39, 0.29) is 24.4 Å². The van der Waals surface area contributed by atoms with Gasteiger partial charge in [-0.15, -0.1) is 45.3 Å². The summed E-state index contributed by atoms with van der Waals surface area (Å²) in [4.78, 5) is 30.9. The van der Waals surface area contributed by atoms with Crippen LogP contribution < -0.4 is 0 Å². The maximum absolute atomic E-state index is 12.4. The summed E-state index contributed by atoms with van der Waals surface area (Å²) in [7, 11) is 0. The van der Waals surface area contributed by atoms with Gasteiger partial charge in [0.25, 0.3) is 0 Å². The normalized spacial score (nSPS) is 10.9. The molecule has 0 spiro atoms. The van der Waals surface area contributed by atoms with E-state index in [4.69, 9.17) is 0 Å². The summed E-state index contributed by atoms with van der Waals surface area (Å²) < 4.78 is 0. The van der Waals surface area contributed by atoms with Crippen molar-refractivity contribution >= 4 is 56.9 Å². The minimum absolute atomic E-state index is 0.0428. The van der Waals surface area contributed by atoms with Crippen LogP contribution in [0.15, 0.2) is 59.3 Å². The molecule has 4 aromatic heterocycles. The molecule has 4 heterocycles. The quantitative estimate of drug-likeness (QED) is 0.302. The molecular formula is C20H14O2S4. The number of thiophene rings is 4. The van der Waals surface area contributed by atoms with Crippen molar-refractivity contribution in [1.29, 1.82) is 0 Å². The summed E-state index contributed by atoms with van der Waals surface area (Å²) in [6.45, 7) is 0. The Bertz CT molecular complexity index is 935. The Balaban J connectivity index is 1.38. The molecule has 0 radical (unpaired) electrons. The standard InChI is InChI=1S/C20H14O2S4/c21-13(15-7-9-19(25-15)17-3-1-11-23-17)5-6-14(22)16-8-10-20(26-16)18-4-2-12-24-18/h1-4,7-12H,5-6H2. The van der Waals surface area contributed by atoms with E-state index in [1.54, 1.807) is 22.7 Å². The first-order valence-electron chi connectivity index (χ1n) is 8.04. The molecule has 0 atom stereocenters. The molecule has 0 aliphatic carbocycles. The minimum atomic E-state index is 0.0428. The number of hydrogen-bond donors (Lipinski definition) is 0. The summed E-state index contributed by atoms with van der Waals surface area (Å²) >= 11 is 6.33. The molecule has 0 bridgehead atoms. The van der Waals surface area contributed by atoms with E-state index >= 15 is 0 Å². The molecule has 0 aliphatic rings. The summed E-state index contributed by atoms with van der Waals surface area (Å²) in [5, 5.41) is 4.06. The Morgan fingerprint density at radius 2 is 1.08 bits per heavy atom. The van der Waals surface area contributed by atoms with Gasteiger partial charge in [0.15, 0.2) is 11.6 Å². The number of rotatable bonds is 7. The summed E-state index contributed by atoms with van der Waals surface area (Å²) in [5.74, 6) is 0.0855. The van der Waals surface area contributed by atoms with Crippen LogP contribution in [0.1, 0.15) is 32.2 Å². The molecule has 4 rings (SSSR count). The van der Waals surface area contributed by atoms with Crippen LogP contribution in [0.2, 0.25) is 0 Å². The largest absolute Gasteiger partial charge is 0.293 e. The van der Waals surface area contributed by atoms with Gasteiger partial charge in [-0.25, -0.2) is 0 Å². The van der Waals surface area contributed by atoms with Gasteiger partial charge in [0.2, 0.25) is 0 Å². The molecule has 0 N–H and O–H groups in total. The smallest absolute Gasteiger partial charge is 0.173 e. The van der Waals surface area contributed by atoms with Crippen LogP contribution in [0, 0.1) is 0 Å². The molecule has 0 unspecified atom stereocenters. The van der Waals surface area contributed by atoms with Crippen molar-refractivity contribution in [3.05, 3.63) is 69.0 Å². The second kappa shape index (κ2) is 7.80. The van der Waals surface area contributed by atoms with E-state index in [0.717, 1.165) is 19.5 Å². The summed E-state index contributed by atoms with van der Waals surface area (Å²) in [6.07, 6.45) is 0.519. The topological polar surface area (TPSA) is 34.1 Å². The van der Waals surface area contributed by atoms with Crippen LogP contribution in [0.4, 0.5) is 0 Å². The van der Waals surface area contributed by atoms with Gasteiger partial charge in [0.05, 0.1) is 9.75 Å². The van der Waals surface area contributed by atoms with Gasteiger partial charge < -0.3 is 0 Å². The van der Waals surface area contributed by atoms with Crippen molar-refractivity contribution in [1.82, 2.24) is 0 Å². The molecule has 0 saturated carbocycles. The van der Waals surface area contributed by atoms with Crippen LogP contribution in [0.3, 0.4) is 0 Å². The van der Waals surface area contributed by atoms with Crippen molar-refractivity contribution < 1.29 is 9.59 Å². The molecule has 2 nitrogen and oxygen atoms in total. The second-order valence-electron chi connectivity index (χ2n) is 5.63. The highest BCUT2D eigenvalue weighted by molar-refractivity contribution is 7.23. The van der Waals surface area contributed by atoms with E-state index in [2.05, 4.69) is 12.1 Å². The highest BCUT2D eigenvalue weighted by Crippen LogP contribution is 2.33. The van der Waals surface area contributed by atoms with Crippen molar-refractivity contribution in [2.45, 2.75) is 12.8 Å². The molecule has 26 heavy (non-hydrogen) atoms. The Hall–Kier alpha value is -1.86. The van der Waals surface area contributed by atoms with Crippen LogP contribution in [0.25, 0.3) is 19.5 Å². The monoisotopic (exact) mass is 414 g/mol. The Morgan fingerprint density at radius 1 is 0.615 bits per heavy atom. The fourth-order valence-corrected chi connectivity index (χ4v) is 6.17. The first-order valence-corrected chi connectivity index (χ1v) is 11.4. The summed E-state index contributed by atoms with van der Waals surface area (Å²) in [5.41, 5.74) is 0. The van der Waals surface area contributed by atoms with Crippen molar-refractivity contribution in [3.8, 4) is 19.5 Å². The van der Waals surface area contributed by atoms with Crippen LogP contribution in [0.5, 0.6) is 0 Å². The van der Waals surface area contributed by atoms with Gasteiger partial charge in [-0.05, 0) is 47.2 Å². The highest BCUT2D eigenvalue weighted by Gasteiger charge is 2.15. The SMILES string of the molecule is O=C(CCC(=O)c1ccc(-c2cccs2)s1)c1ccc(-c2cccs2)s1. The predicted molar refractivity (Wildman–Crippen MR) is 113 cm³/mol. The molecular weight excluding hydrogens is 400 g/mol. The van der Waals surface area contributed by atoms with E-state index in [9.17, 15) is 9.59 Å². The third kappa shape index (κ3) is 3.78. The lowest BCUT2D eigenvalue weighted by Gasteiger charge is -1.97. The van der Waals surface area contributed by atoms with E-state index in [0.29, 0.717) is 0 Å². The van der Waals surface area contributed by atoms with Crippen LogP contribution in [-0.2, 0) is 0 Å². The highest BCUT2D eigenvalue weighted by atomic mass is 32.1. The zero-order valence-electron chi connectivity index (χ0n) is 13.6. The van der Waals surface area contributed by atoms with Gasteiger partial charge in [-0.2, -0.15) is 0 Å². The van der Waals surface area contributed by atoms with Crippen LogP contribution in [-0.4, -0.2) is 11.6 Å². The maximum atomic E-state index is 12.4. The molecule has 4 aromatic rings. The van der Waals surface area contributed by atoms with Gasteiger partial charge in [0, 0.05) is 32.4 Å². The number of hydrogen-bond acceptors (Lipinski definition) is 6. The van der Waals surface area contributed by atoms with Crippen molar-refractivity contribution in [2.24, 2.45) is 0 Å². The lowest BCUT2D eigenvalue weighted by Crippen LogP contribution is -2.02. The zero-order valence-corrected chi connectivity index (χ0v) is 16.9. The van der Waals surface area contributed by atoms with Gasteiger partial charge in [-0.3, -0.25) is 9.59 Å². The third-order valence-corrected chi connectivity index (χ3v) is 8.25. The Morgan fingerprint density at radius 3 is 1.46 bits per heavy atom. The maximum Gasteiger partial charge on any atom is 0.173 e. The fraction of sp³-hybridized carbons (Fsp3) is 0.100. The molecule has 0 aliphatic heterocycles. The molecule has 0 fully saturated rings. The average Bonchev–Trinajstić information content (AvgIpc) is 3.42. The zero-order chi connectivity index (χ0) is 17.9. The van der Waals surface area contributed by atoms with Gasteiger partial charge in [0.1, 0.15) is 0 Å². The molecule has 6 heteroatoms. The van der Waals surface area contributed by atoms with E-state index < -0.39 is 0 Å². The molecule has 0 saturated heterocycles. The lowest BCUT2D eigenvalue weighted by molar-refractivity contribution is 0.0921. The Labute approximate surface area is 167 Å². The first kappa shape index (κ1) is 17.5. The minimum Gasteiger partial charge on any atom is -0.293 e. The van der Waals surface area contributed by atoms with Crippen LogP contribution >= 0.6 is 45.3 Å². The molecule has 130 valence electrons. The van der Waals surface area contributed by atoms with Gasteiger partial charge >= 0.3 is 0 Å². The lowest BCUT2D eigenvalue weighted by atomic mass is 10.1. The second-order valence-corrected chi connectivity index (χ2v) is 9.69. The number of ketones is 2. The van der Waals surface area contributed by atoms with Crippen molar-refractivity contribution in [2.75, 3.05) is 0 Å². The van der Waals surface area contributed by atoms with Crippen molar-refractivity contribution in [3.63, 3.8) is 0 Å². The Kier molecular flexibility index (Phi) is 5.26. The number of carbonyl (C=O) groups is 2. The third-order valence-electron chi connectivity index (χ3n) is 3.87. The van der Waals surface area contributed by atoms with E-state index in [1.165, 1.54) is 32.4 Å². The fourth-order valence-electron chi connectivity index (χ4n) is 2.55. The molecule has 0 amide bonds.